The minimum atomic E-state index is -1.13. The first-order valence-electron chi connectivity index (χ1n) is 11.2. The van der Waals surface area contributed by atoms with Crippen LogP contribution in [0.1, 0.15) is 41.1 Å². The van der Waals surface area contributed by atoms with Gasteiger partial charge in [0.25, 0.3) is 5.91 Å². The largest absolute Gasteiger partial charge is 0.468 e. The molecular weight excluding hydrogens is 508 g/mol. The normalized spacial score (nSPS) is 24.2. The fourth-order valence-electron chi connectivity index (χ4n) is 4.60. The lowest BCUT2D eigenvalue weighted by molar-refractivity contribution is 0.102. The van der Waals surface area contributed by atoms with Crippen molar-refractivity contribution in [3.05, 3.63) is 59.1 Å². The predicted molar refractivity (Wildman–Crippen MR) is 129 cm³/mol. The van der Waals surface area contributed by atoms with Crippen molar-refractivity contribution >= 4 is 28.5 Å². The van der Waals surface area contributed by atoms with Crippen molar-refractivity contribution in [2.45, 2.75) is 37.2 Å². The molecule has 1 saturated carbocycles. The third-order valence-electron chi connectivity index (χ3n) is 6.35. The third kappa shape index (κ3) is 4.73. The smallest absolute Gasteiger partial charge is 0.275 e. The van der Waals surface area contributed by atoms with Crippen molar-refractivity contribution in [3.8, 4) is 5.88 Å². The predicted octanol–water partition coefficient (Wildman–Crippen LogP) is 2.96. The molecule has 3 aromatic rings. The van der Waals surface area contributed by atoms with Crippen molar-refractivity contribution in [2.24, 2.45) is 16.6 Å². The fraction of sp³-hybridized carbons (Fsp3) is 0.391. The first-order valence-corrected chi connectivity index (χ1v) is 12.0. The van der Waals surface area contributed by atoms with Crippen molar-refractivity contribution in [1.29, 1.82) is 0 Å². The summed E-state index contributed by atoms with van der Waals surface area (Å²) >= 11 is 1.39. The second kappa shape index (κ2) is 9.34. The maximum Gasteiger partial charge on any atom is 0.275 e. The number of benzene rings is 1. The van der Waals surface area contributed by atoms with Gasteiger partial charge in [0, 0.05) is 37.3 Å². The highest BCUT2D eigenvalue weighted by atomic mass is 32.2. The van der Waals surface area contributed by atoms with Gasteiger partial charge in [-0.15, -0.1) is 0 Å². The minimum Gasteiger partial charge on any atom is -0.468 e. The van der Waals surface area contributed by atoms with Crippen LogP contribution in [0, 0.1) is 24.5 Å². The quantitative estimate of drug-likeness (QED) is 0.444. The number of halogens is 2. The molecule has 0 saturated heterocycles. The zero-order valence-electron chi connectivity index (χ0n) is 20.1. The van der Waals surface area contributed by atoms with E-state index in [1.807, 2.05) is 0 Å². The van der Waals surface area contributed by atoms with Gasteiger partial charge < -0.3 is 25.0 Å². The number of nitrogens with zero attached hydrogens (tertiary/aromatic N) is 5. The molecule has 3 heterocycles. The Morgan fingerprint density at radius 2 is 2.14 bits per heavy atom. The van der Waals surface area contributed by atoms with E-state index in [2.05, 4.69) is 30.4 Å². The number of carbonyl (C=O) groups excluding carboxylic acids is 1. The number of rotatable bonds is 8. The van der Waals surface area contributed by atoms with Gasteiger partial charge in [0.15, 0.2) is 23.4 Å². The van der Waals surface area contributed by atoms with E-state index < -0.39 is 23.1 Å². The number of nitrogens with one attached hydrogen (secondary N) is 1. The molecule has 1 aromatic carbocycles. The van der Waals surface area contributed by atoms with Gasteiger partial charge in [-0.25, -0.2) is 18.7 Å². The number of ether oxygens (including phenoxy) is 2. The van der Waals surface area contributed by atoms with Crippen LogP contribution in [0.15, 0.2) is 34.0 Å². The zero-order chi connectivity index (χ0) is 26.4. The average molecular weight is 532 g/mol. The van der Waals surface area contributed by atoms with Gasteiger partial charge in [-0.2, -0.15) is 4.98 Å². The second-order valence-corrected chi connectivity index (χ2v) is 10.4. The monoisotopic (exact) mass is 531 g/mol. The molecule has 0 bridgehead atoms. The van der Waals surface area contributed by atoms with Crippen molar-refractivity contribution in [1.82, 2.24) is 20.1 Å². The number of anilines is 1. The molecule has 14 heteroatoms. The first kappa shape index (κ1) is 25.0. The van der Waals surface area contributed by atoms with Gasteiger partial charge in [0.1, 0.15) is 5.69 Å². The van der Waals surface area contributed by atoms with Crippen LogP contribution in [0.2, 0.25) is 0 Å². The lowest BCUT2D eigenvalue weighted by atomic mass is 9.85. The van der Waals surface area contributed by atoms with Gasteiger partial charge in [-0.05, 0) is 19.4 Å². The maximum absolute atomic E-state index is 15.1. The Morgan fingerprint density at radius 1 is 1.32 bits per heavy atom. The van der Waals surface area contributed by atoms with Crippen LogP contribution >= 0.6 is 11.8 Å². The number of hydrogen-bond acceptors (Lipinski definition) is 11. The number of aliphatic imine (C=N–C) groups is 1. The van der Waals surface area contributed by atoms with Crippen LogP contribution in [-0.4, -0.2) is 49.6 Å². The molecule has 3 N–H and O–H groups in total. The maximum atomic E-state index is 15.1. The van der Waals surface area contributed by atoms with Crippen molar-refractivity contribution < 1.29 is 27.6 Å². The molecule has 1 aliphatic heterocycles. The van der Waals surface area contributed by atoms with Crippen LogP contribution < -0.4 is 15.8 Å². The molecular formula is C23H23F2N7O4S. The molecule has 11 nitrogen and oxygen atoms in total. The van der Waals surface area contributed by atoms with E-state index in [1.165, 1.54) is 30.2 Å². The Kier molecular flexibility index (Phi) is 6.31. The number of carbonyl (C=O) groups is 1. The van der Waals surface area contributed by atoms with Gasteiger partial charge in [0.2, 0.25) is 17.6 Å². The Hall–Kier alpha value is -3.65. The third-order valence-corrected chi connectivity index (χ3v) is 7.63. The average Bonchev–Trinajstić information content (AvgIpc) is 3.42. The lowest BCUT2D eigenvalue weighted by Gasteiger charge is -2.34. The number of nitrogens with two attached hydrogens (primary N) is 1. The van der Waals surface area contributed by atoms with Crippen LogP contribution in [0.3, 0.4) is 0 Å². The molecule has 1 amide bonds. The van der Waals surface area contributed by atoms with Gasteiger partial charge >= 0.3 is 0 Å². The number of aryl methyl sites for hydroxylation is 1. The van der Waals surface area contributed by atoms with E-state index in [0.717, 1.165) is 6.07 Å². The molecule has 0 unspecified atom stereocenters. The lowest BCUT2D eigenvalue weighted by Crippen LogP contribution is -2.38. The van der Waals surface area contributed by atoms with Crippen LogP contribution in [-0.2, 0) is 16.9 Å². The van der Waals surface area contributed by atoms with Crippen molar-refractivity contribution in [2.75, 3.05) is 19.0 Å². The topological polar surface area (TPSA) is 151 Å². The molecule has 2 aliphatic rings. The molecule has 5 rings (SSSR count). The van der Waals surface area contributed by atoms with E-state index in [9.17, 15) is 9.18 Å². The Balaban J connectivity index is 1.33. The summed E-state index contributed by atoms with van der Waals surface area (Å²) in [6.07, 6.45) is 3.13. The van der Waals surface area contributed by atoms with E-state index in [1.54, 1.807) is 21.0 Å². The number of fused-ring (bicyclic) bond motifs is 1. The molecule has 2 aromatic heterocycles. The zero-order valence-corrected chi connectivity index (χ0v) is 20.9. The van der Waals surface area contributed by atoms with Gasteiger partial charge in [-0.1, -0.05) is 16.9 Å². The molecule has 1 aliphatic carbocycles. The Labute approximate surface area is 214 Å². The Bertz CT molecular complexity index is 1390. The summed E-state index contributed by atoms with van der Waals surface area (Å²) in [6, 6.07) is 2.27. The Morgan fingerprint density at radius 3 is 2.81 bits per heavy atom. The molecule has 0 spiro atoms. The van der Waals surface area contributed by atoms with Crippen molar-refractivity contribution in [3.63, 3.8) is 0 Å². The van der Waals surface area contributed by atoms with E-state index >= 15 is 4.39 Å². The van der Waals surface area contributed by atoms with E-state index in [4.69, 9.17) is 19.7 Å². The second-order valence-electron chi connectivity index (χ2n) is 8.99. The number of amides is 1. The first-order chi connectivity index (χ1) is 17.6. The molecule has 194 valence electrons. The minimum absolute atomic E-state index is 0.000521. The summed E-state index contributed by atoms with van der Waals surface area (Å²) in [5, 5.41) is 6.52. The number of thioether (sulfide) groups is 1. The highest BCUT2D eigenvalue weighted by Crippen LogP contribution is 2.66. The summed E-state index contributed by atoms with van der Waals surface area (Å²) < 4.78 is 45.0. The number of amidine groups is 1. The standard InChI is InChI=1S/C23H23F2N7O4S/c1-11-29-17(32-36-11)9-35-18-8-27-15(7-28-18)20(33)30-12-4-13(19(25)14(24)5-12)22(2)16-6-23(16,10-34-3)37-21(26)31-22/h4-5,7-8,16H,6,9-10H2,1-3H3,(H2,26,31)(H,30,33)/t16-,22+,23+/m0/s1. The highest BCUT2D eigenvalue weighted by molar-refractivity contribution is 8.15. The van der Waals surface area contributed by atoms with Crippen LogP contribution in [0.5, 0.6) is 5.88 Å². The summed E-state index contributed by atoms with van der Waals surface area (Å²) in [7, 11) is 1.58. The summed E-state index contributed by atoms with van der Waals surface area (Å²) in [4.78, 5) is 29.3. The molecule has 1 fully saturated rings. The molecule has 0 radical (unpaired) electrons. The molecule has 3 atom stereocenters. The van der Waals surface area contributed by atoms with Gasteiger partial charge in [0.05, 0.1) is 29.3 Å². The summed E-state index contributed by atoms with van der Waals surface area (Å²) in [5.41, 5.74) is 4.92. The van der Waals surface area contributed by atoms with E-state index in [-0.39, 0.29) is 45.3 Å². The van der Waals surface area contributed by atoms with E-state index in [0.29, 0.717) is 24.7 Å². The van der Waals surface area contributed by atoms with Crippen LogP contribution in [0.25, 0.3) is 0 Å². The fourth-order valence-corrected chi connectivity index (χ4v) is 6.05. The summed E-state index contributed by atoms with van der Waals surface area (Å²) in [5.74, 6) is -2.08. The molecule has 37 heavy (non-hydrogen) atoms. The van der Waals surface area contributed by atoms with Crippen LogP contribution in [0.4, 0.5) is 14.5 Å². The highest BCUT2D eigenvalue weighted by Gasteiger charge is 2.66. The number of methoxy groups -OCH3 is 1. The van der Waals surface area contributed by atoms with Gasteiger partial charge in [-0.3, -0.25) is 9.79 Å². The SMILES string of the molecule is COC[C@]12C[C@H]1[C@@](C)(c1cc(NC(=O)c3cnc(OCc4noc(C)n4)cn3)cc(F)c1F)N=C(N)S2. The number of hydrogen-bond donors (Lipinski definition) is 2. The number of aromatic nitrogens is 4. The summed E-state index contributed by atoms with van der Waals surface area (Å²) in [6.45, 7) is 3.77.